The van der Waals surface area contributed by atoms with Crippen LogP contribution in [0.25, 0.3) is 0 Å². The summed E-state index contributed by atoms with van der Waals surface area (Å²) in [7, 11) is -2.20. The predicted molar refractivity (Wildman–Crippen MR) is 138 cm³/mol. The molecule has 32 heavy (non-hydrogen) atoms. The lowest BCUT2D eigenvalue weighted by Crippen LogP contribution is -2.46. The first-order valence-corrected chi connectivity index (χ1v) is 15.6. The molecule has 0 aliphatic rings. The maximum atomic E-state index is 6.14. The van der Waals surface area contributed by atoms with Crippen LogP contribution < -0.4 is 16.2 Å². The molecule has 0 heterocycles. The number of nitrogens with one attached hydrogen (secondary N) is 1. The van der Waals surface area contributed by atoms with E-state index < -0.39 is 18.1 Å². The fourth-order valence-corrected chi connectivity index (χ4v) is 7.82. The summed E-state index contributed by atoms with van der Waals surface area (Å²) in [4.78, 5) is 0. The van der Waals surface area contributed by atoms with Gasteiger partial charge in [0.15, 0.2) is 0 Å². The van der Waals surface area contributed by atoms with Crippen LogP contribution in [-0.4, -0.2) is 64.7 Å². The van der Waals surface area contributed by atoms with Gasteiger partial charge in [0.2, 0.25) is 0 Å². The van der Waals surface area contributed by atoms with Gasteiger partial charge in [-0.15, -0.1) is 0 Å². The van der Waals surface area contributed by atoms with E-state index in [9.17, 15) is 0 Å². The van der Waals surface area contributed by atoms with E-state index in [4.69, 9.17) is 27.9 Å². The molecule has 0 fully saturated rings. The first kappa shape index (κ1) is 31.4. The van der Waals surface area contributed by atoms with Crippen LogP contribution in [0.3, 0.4) is 0 Å². The maximum Gasteiger partial charge on any atom is 0.500 e. The molecule has 0 saturated carbocycles. The van der Waals surface area contributed by atoms with Crippen LogP contribution in [0.4, 0.5) is 0 Å². The van der Waals surface area contributed by atoms with Crippen molar-refractivity contribution in [1.82, 2.24) is 5.32 Å². The Hall–Kier alpha value is -0.626. The van der Waals surface area contributed by atoms with Crippen LogP contribution in [-0.2, 0) is 22.1 Å². The molecular weight excluding hydrogens is 440 g/mol. The van der Waals surface area contributed by atoms with E-state index >= 15 is 0 Å². The molecule has 1 rings (SSSR count). The monoisotopic (exact) mass is 488 g/mol. The van der Waals surface area contributed by atoms with E-state index in [-0.39, 0.29) is 6.04 Å². The molecule has 9 heteroatoms. The largest absolute Gasteiger partial charge is 0.500 e. The summed E-state index contributed by atoms with van der Waals surface area (Å²) in [6, 6.07) is 9.19. The number of hydrogen-bond donors (Lipinski definition) is 2. The number of nitrogens with two attached hydrogens (primary N) is 1. The van der Waals surface area contributed by atoms with E-state index in [2.05, 4.69) is 24.4 Å². The smallest absolute Gasteiger partial charge is 0.394 e. The molecule has 0 aliphatic carbocycles. The molecule has 0 aromatic heterocycles. The second-order valence-corrected chi connectivity index (χ2v) is 11.8. The van der Waals surface area contributed by atoms with Crippen LogP contribution in [0.2, 0.25) is 6.04 Å². The first-order valence-electron chi connectivity index (χ1n) is 12.1. The zero-order valence-corrected chi connectivity index (χ0v) is 23.6. The molecule has 0 amide bonds. The Morgan fingerprint density at radius 2 is 1.41 bits per heavy atom. The lowest BCUT2D eigenvalue weighted by molar-refractivity contribution is 0.0708. The Morgan fingerprint density at radius 3 is 1.84 bits per heavy atom. The van der Waals surface area contributed by atoms with Gasteiger partial charge in [0.25, 0.3) is 0 Å². The van der Waals surface area contributed by atoms with Crippen molar-refractivity contribution in [2.75, 3.05) is 46.6 Å². The molecule has 0 radical (unpaired) electrons. The zero-order valence-electron chi connectivity index (χ0n) is 21.4. The van der Waals surface area contributed by atoms with Gasteiger partial charge < -0.3 is 33.2 Å². The highest BCUT2D eigenvalue weighted by atomic mass is 28.4. The third-order valence-corrected chi connectivity index (χ3v) is 10.2. The molecule has 1 aromatic rings. The predicted octanol–water partition coefficient (Wildman–Crippen LogP) is 3.24. The lowest BCUT2D eigenvalue weighted by Gasteiger charge is -2.28. The molecule has 7 nitrogen and oxygen atoms in total. The highest BCUT2D eigenvalue weighted by Gasteiger charge is 2.39. The van der Waals surface area contributed by atoms with E-state index in [0.29, 0.717) is 33.0 Å². The lowest BCUT2D eigenvalue weighted by atomic mass is 10.1. The summed E-state index contributed by atoms with van der Waals surface area (Å²) in [5, 5.41) is 4.31. The van der Waals surface area contributed by atoms with Crippen molar-refractivity contribution in [3.05, 3.63) is 29.8 Å². The number of benzene rings is 1. The number of hydrogen-bond acceptors (Lipinski definition) is 7. The quantitative estimate of drug-likeness (QED) is 0.257. The van der Waals surface area contributed by atoms with Crippen molar-refractivity contribution >= 4 is 23.3 Å². The minimum Gasteiger partial charge on any atom is -0.394 e. The van der Waals surface area contributed by atoms with Crippen molar-refractivity contribution in [2.45, 2.75) is 66.5 Å². The van der Waals surface area contributed by atoms with Gasteiger partial charge in [0.05, 0.1) is 0 Å². The van der Waals surface area contributed by atoms with Crippen LogP contribution in [0.5, 0.6) is 0 Å². The van der Waals surface area contributed by atoms with Gasteiger partial charge in [-0.3, -0.25) is 0 Å². The highest BCUT2D eigenvalue weighted by Crippen LogP contribution is 2.17. The molecule has 0 spiro atoms. The van der Waals surface area contributed by atoms with Crippen molar-refractivity contribution in [2.24, 2.45) is 5.73 Å². The van der Waals surface area contributed by atoms with E-state index in [1.807, 2.05) is 53.8 Å². The van der Waals surface area contributed by atoms with Gasteiger partial charge >= 0.3 is 18.1 Å². The van der Waals surface area contributed by atoms with E-state index in [0.717, 1.165) is 25.4 Å². The van der Waals surface area contributed by atoms with Gasteiger partial charge in [0, 0.05) is 45.1 Å². The second kappa shape index (κ2) is 19.8. The first-order chi connectivity index (χ1) is 15.5. The Balaban J connectivity index is 0.000000607. The number of rotatable bonds is 17. The minimum absolute atomic E-state index is 0.0714. The summed E-state index contributed by atoms with van der Waals surface area (Å²) < 4.78 is 28.7. The van der Waals surface area contributed by atoms with Gasteiger partial charge in [-0.2, -0.15) is 0 Å². The van der Waals surface area contributed by atoms with Crippen molar-refractivity contribution in [1.29, 1.82) is 0 Å². The molecule has 3 N–H and O–H groups in total. The second-order valence-electron chi connectivity index (χ2n) is 7.08. The topological polar surface area (TPSA) is 84.2 Å². The van der Waals surface area contributed by atoms with Crippen LogP contribution in [0.1, 0.15) is 66.0 Å². The van der Waals surface area contributed by atoms with Crippen molar-refractivity contribution in [3.8, 4) is 0 Å². The molecule has 188 valence electrons. The summed E-state index contributed by atoms with van der Waals surface area (Å²) in [5.74, 6) is 0. The zero-order chi connectivity index (χ0) is 24.2. The summed E-state index contributed by atoms with van der Waals surface area (Å²) >= 11 is 0. The van der Waals surface area contributed by atoms with E-state index in [1.165, 1.54) is 10.8 Å². The molecule has 1 atom stereocenters. The van der Waals surface area contributed by atoms with Crippen molar-refractivity contribution in [3.63, 3.8) is 0 Å². The molecule has 0 aliphatic heterocycles. The molecule has 0 saturated heterocycles. The Labute approximate surface area is 199 Å². The van der Waals surface area contributed by atoms with Crippen LogP contribution in [0, 0.1) is 0 Å². The summed E-state index contributed by atoms with van der Waals surface area (Å²) in [6.07, 6.45) is 1.96. The SMILES string of the molecule is CCO[SiH](OCC)c1ccccc1C(N)CC.CCO[Si](CCCNC)(OCC)OCC. The third kappa shape index (κ3) is 12.0. The highest BCUT2D eigenvalue weighted by molar-refractivity contribution is 6.62. The molecule has 0 bridgehead atoms. The fraction of sp³-hybridized carbons (Fsp3) is 0.739. The Kier molecular flexibility index (Phi) is 19.4. The van der Waals surface area contributed by atoms with E-state index in [1.54, 1.807) is 0 Å². The van der Waals surface area contributed by atoms with Gasteiger partial charge in [-0.25, -0.2) is 0 Å². The van der Waals surface area contributed by atoms with Crippen molar-refractivity contribution < 1.29 is 22.1 Å². The standard InChI is InChI=1S/C13H23NO2Si.C10H25NO3Si/c1-4-12(14)11-9-7-8-10-13(11)17(15-5-2)16-6-3;1-5-12-15(13-6-2,14-7-3)10-8-9-11-4/h7-10,12,17H,4-6,14H2,1-3H3;11H,5-10H2,1-4H3. The Morgan fingerprint density at radius 1 is 0.875 bits per heavy atom. The van der Waals surface area contributed by atoms with Crippen LogP contribution >= 0.6 is 0 Å². The molecule has 1 unspecified atom stereocenters. The van der Waals surface area contributed by atoms with Crippen LogP contribution in [0.15, 0.2) is 24.3 Å². The minimum atomic E-state index is -2.37. The normalized spacial score (nSPS) is 12.5. The maximum absolute atomic E-state index is 6.14. The fourth-order valence-electron chi connectivity index (χ4n) is 3.30. The van der Waals surface area contributed by atoms with Gasteiger partial charge in [0.1, 0.15) is 0 Å². The average molecular weight is 489 g/mol. The van der Waals surface area contributed by atoms with Gasteiger partial charge in [-0.05, 0) is 71.8 Å². The van der Waals surface area contributed by atoms with Gasteiger partial charge in [-0.1, -0.05) is 31.2 Å². The molecular formula is C23H48N2O5Si2. The average Bonchev–Trinajstić information content (AvgIpc) is 2.79. The summed E-state index contributed by atoms with van der Waals surface area (Å²) in [6.45, 7) is 16.4. The summed E-state index contributed by atoms with van der Waals surface area (Å²) in [5.41, 5.74) is 7.31. The molecule has 1 aromatic carbocycles. The Bertz CT molecular complexity index is 546. The third-order valence-electron chi connectivity index (χ3n) is 4.73.